The molecule has 4 rings (SSSR count). The number of carbonyl (C=O) groups excluding carboxylic acids is 1. The summed E-state index contributed by atoms with van der Waals surface area (Å²) in [5, 5.41) is 0. The third-order valence-corrected chi connectivity index (χ3v) is 6.31. The van der Waals surface area contributed by atoms with Crippen LogP contribution in [-0.2, 0) is 4.74 Å². The zero-order valence-electron chi connectivity index (χ0n) is 22.6. The molecule has 0 aliphatic carbocycles. The molecule has 3 heterocycles. The highest BCUT2D eigenvalue weighted by Gasteiger charge is 2.27. The average molecular weight is 535 g/mol. The van der Waals surface area contributed by atoms with Gasteiger partial charge >= 0.3 is 6.09 Å². The van der Waals surface area contributed by atoms with Crippen LogP contribution in [0.15, 0.2) is 42.2 Å². The highest BCUT2D eigenvalue weighted by molar-refractivity contribution is 5.73. The molecule has 1 amide bonds. The number of piperidine rings is 1. The van der Waals surface area contributed by atoms with Crippen molar-refractivity contribution in [3.8, 4) is 5.75 Å². The van der Waals surface area contributed by atoms with Crippen molar-refractivity contribution in [3.05, 3.63) is 53.7 Å². The third kappa shape index (κ3) is 8.36. The summed E-state index contributed by atoms with van der Waals surface area (Å²) < 4.78 is 44.4. The molecule has 2 aliphatic rings. The van der Waals surface area contributed by atoms with Gasteiger partial charge in [0.2, 0.25) is 6.93 Å². The maximum absolute atomic E-state index is 13.9. The summed E-state index contributed by atoms with van der Waals surface area (Å²) in [5.41, 5.74) is 2.58. The lowest BCUT2D eigenvalue weighted by atomic mass is 9.98. The molecule has 0 bridgehead atoms. The van der Waals surface area contributed by atoms with Gasteiger partial charge < -0.3 is 19.3 Å². The second kappa shape index (κ2) is 13.5. The van der Waals surface area contributed by atoms with E-state index in [1.807, 2.05) is 27.7 Å². The Kier molecular flexibility index (Phi) is 10.4. The number of nitrogens with zero attached hydrogens (tertiary/aromatic N) is 4. The van der Waals surface area contributed by atoms with E-state index < -0.39 is 12.5 Å². The van der Waals surface area contributed by atoms with Crippen LogP contribution in [0.25, 0.3) is 5.57 Å². The fourth-order valence-electron chi connectivity index (χ4n) is 4.58. The van der Waals surface area contributed by atoms with Crippen LogP contribution in [-0.4, -0.2) is 66.3 Å². The normalized spacial score (nSPS) is 18.0. The highest BCUT2D eigenvalue weighted by atomic mass is 19.3. The number of carbonyl (C=O) groups is 1. The molecule has 1 aromatic carbocycles. The summed E-state index contributed by atoms with van der Waals surface area (Å²) in [6, 6.07) is 6.52. The lowest BCUT2D eigenvalue weighted by Crippen LogP contribution is -2.40. The highest BCUT2D eigenvalue weighted by Crippen LogP contribution is 2.29. The van der Waals surface area contributed by atoms with Crippen LogP contribution in [0.3, 0.4) is 0 Å². The number of hydrogen-bond acceptors (Lipinski definition) is 6. The van der Waals surface area contributed by atoms with Gasteiger partial charge in [-0.15, -0.1) is 0 Å². The van der Waals surface area contributed by atoms with E-state index in [9.17, 15) is 18.0 Å². The predicted octanol–water partition coefficient (Wildman–Crippen LogP) is 6.21. The van der Waals surface area contributed by atoms with E-state index in [2.05, 4.69) is 9.88 Å². The summed E-state index contributed by atoms with van der Waals surface area (Å²) in [5.74, 6) is 1.09. The van der Waals surface area contributed by atoms with Crippen LogP contribution in [0, 0.1) is 11.7 Å². The van der Waals surface area contributed by atoms with Crippen molar-refractivity contribution in [2.24, 2.45) is 5.92 Å². The number of amides is 1. The number of aromatic nitrogens is 2. The molecule has 0 radical (unpaired) electrons. The Morgan fingerprint density at radius 1 is 1.16 bits per heavy atom. The molecule has 1 aromatic heterocycles. The number of ether oxygens (including phenoxy) is 2. The first-order valence-corrected chi connectivity index (χ1v) is 12.8. The van der Waals surface area contributed by atoms with Gasteiger partial charge in [0, 0.05) is 32.1 Å². The summed E-state index contributed by atoms with van der Waals surface area (Å²) >= 11 is 0. The molecule has 1 fully saturated rings. The summed E-state index contributed by atoms with van der Waals surface area (Å²) in [4.78, 5) is 25.9. The molecule has 38 heavy (non-hydrogen) atoms. The van der Waals surface area contributed by atoms with Crippen LogP contribution in [0.2, 0.25) is 0 Å². The molecule has 2 aromatic rings. The molecule has 7 nitrogen and oxygen atoms in total. The van der Waals surface area contributed by atoms with Crippen molar-refractivity contribution >= 4 is 17.5 Å². The minimum Gasteiger partial charge on any atom is -0.490 e. The minimum atomic E-state index is -1.75. The van der Waals surface area contributed by atoms with E-state index in [4.69, 9.17) is 14.5 Å². The zero-order valence-corrected chi connectivity index (χ0v) is 22.6. The van der Waals surface area contributed by atoms with Crippen LogP contribution in [0.1, 0.15) is 52.7 Å². The Morgan fingerprint density at radius 3 is 2.58 bits per heavy atom. The Morgan fingerprint density at radius 2 is 1.89 bits per heavy atom. The molecule has 2 aliphatic heterocycles. The molecule has 1 unspecified atom stereocenters. The summed E-state index contributed by atoms with van der Waals surface area (Å²) in [6.45, 7) is 9.19. The van der Waals surface area contributed by atoms with Gasteiger partial charge in [0.15, 0.2) is 11.6 Å². The summed E-state index contributed by atoms with van der Waals surface area (Å²) in [7, 11) is 0. The molecule has 208 valence electrons. The van der Waals surface area contributed by atoms with E-state index in [-0.39, 0.29) is 17.8 Å². The molecule has 0 spiro atoms. The van der Waals surface area contributed by atoms with Gasteiger partial charge in [-0.25, -0.2) is 22.9 Å². The Hall–Kier alpha value is -3.30. The largest absolute Gasteiger partial charge is 0.490 e. The number of alkyl halides is 2. The zero-order chi connectivity index (χ0) is 27.7. The van der Waals surface area contributed by atoms with E-state index in [1.165, 1.54) is 6.07 Å². The van der Waals surface area contributed by atoms with E-state index in [1.54, 1.807) is 35.5 Å². The second-order valence-electron chi connectivity index (χ2n) is 10.5. The summed E-state index contributed by atoms with van der Waals surface area (Å²) in [6.07, 6.45) is 6.08. The van der Waals surface area contributed by atoms with Gasteiger partial charge in [-0.3, -0.25) is 4.98 Å². The van der Waals surface area contributed by atoms with Gasteiger partial charge in [0.1, 0.15) is 11.4 Å². The predicted molar refractivity (Wildman–Crippen MR) is 141 cm³/mol. The van der Waals surface area contributed by atoms with Crippen molar-refractivity contribution in [2.75, 3.05) is 44.6 Å². The van der Waals surface area contributed by atoms with Crippen LogP contribution >= 0.6 is 0 Å². The topological polar surface area (TPSA) is 67.8 Å². The van der Waals surface area contributed by atoms with E-state index in [0.717, 1.165) is 48.6 Å². The maximum atomic E-state index is 13.9. The van der Waals surface area contributed by atoms with Crippen LogP contribution < -0.4 is 9.64 Å². The minimum absolute atomic E-state index is 0.284. The number of anilines is 1. The lowest BCUT2D eigenvalue weighted by molar-refractivity contribution is 0.0264. The van der Waals surface area contributed by atoms with Crippen molar-refractivity contribution in [1.82, 2.24) is 14.9 Å². The van der Waals surface area contributed by atoms with Gasteiger partial charge in [-0.1, -0.05) is 12.1 Å². The van der Waals surface area contributed by atoms with Crippen LogP contribution in [0.5, 0.6) is 5.75 Å². The Labute approximate surface area is 222 Å². The van der Waals surface area contributed by atoms with E-state index in [0.29, 0.717) is 31.9 Å². The standard InChI is InChI=1S/C27H35FN4O3.CH2F2/c1-19-16-32(26(33)35-27(2,3)4)13-11-21(19)23-14-29-15-25(30-23)31-12-7-8-20(17-31)18-34-24-10-6-5-9-22(24)28;2-1-3/h5-6,9-10,14-15,20H,7-8,11-13,16-18H2,1-4H3;1H2. The molecule has 10 heteroatoms. The number of rotatable bonds is 5. The number of para-hydroxylation sites is 1. The average Bonchev–Trinajstić information content (AvgIpc) is 2.88. The smallest absolute Gasteiger partial charge is 0.410 e. The monoisotopic (exact) mass is 534 g/mol. The maximum Gasteiger partial charge on any atom is 0.410 e. The fourth-order valence-corrected chi connectivity index (χ4v) is 4.58. The van der Waals surface area contributed by atoms with Gasteiger partial charge in [0.05, 0.1) is 24.7 Å². The molecule has 0 saturated carbocycles. The third-order valence-electron chi connectivity index (χ3n) is 6.31. The number of hydrogen-bond donors (Lipinski definition) is 0. The second-order valence-corrected chi connectivity index (χ2v) is 10.5. The van der Waals surface area contributed by atoms with Gasteiger partial charge in [-0.2, -0.15) is 0 Å². The van der Waals surface area contributed by atoms with Crippen molar-refractivity contribution < 1.29 is 27.4 Å². The fraction of sp³-hybridized carbons (Fsp3) is 0.536. The van der Waals surface area contributed by atoms with Gasteiger partial charge in [-0.05, 0) is 70.2 Å². The first-order valence-electron chi connectivity index (χ1n) is 12.8. The Balaban J connectivity index is 0.00000127. The first kappa shape index (κ1) is 29.3. The van der Waals surface area contributed by atoms with Gasteiger partial charge in [0.25, 0.3) is 0 Å². The lowest BCUT2D eigenvalue weighted by Gasteiger charge is -2.34. The van der Waals surface area contributed by atoms with Crippen molar-refractivity contribution in [2.45, 2.75) is 52.6 Å². The number of benzene rings is 1. The van der Waals surface area contributed by atoms with Crippen molar-refractivity contribution in [1.29, 1.82) is 0 Å². The SMILES string of the molecule is CC1=C(c2cncc(N3CCCC(COc4ccccc4F)C3)n2)CCN(C(=O)OC(C)(C)C)C1.FCF. The first-order chi connectivity index (χ1) is 18.1. The van der Waals surface area contributed by atoms with Crippen molar-refractivity contribution in [3.63, 3.8) is 0 Å². The van der Waals surface area contributed by atoms with Crippen LogP contribution in [0.4, 0.5) is 23.8 Å². The Bertz CT molecular complexity index is 1110. The molecule has 1 saturated heterocycles. The molecule has 0 N–H and O–H groups in total. The van der Waals surface area contributed by atoms with E-state index >= 15 is 0 Å². The molecule has 1 atom stereocenters. The molecular formula is C28H37F3N4O3. The quantitative estimate of drug-likeness (QED) is 0.455. The number of halogens is 3. The molecular weight excluding hydrogens is 497 g/mol.